The lowest BCUT2D eigenvalue weighted by atomic mass is 10.2. The van der Waals surface area contributed by atoms with Crippen LogP contribution in [0.3, 0.4) is 0 Å². The van der Waals surface area contributed by atoms with Crippen molar-refractivity contribution in [3.63, 3.8) is 0 Å². The summed E-state index contributed by atoms with van der Waals surface area (Å²) in [6.45, 7) is 0.118. The Bertz CT molecular complexity index is 1430. The Morgan fingerprint density at radius 1 is 0.971 bits per heavy atom. The summed E-state index contributed by atoms with van der Waals surface area (Å²) in [7, 11) is 0. The van der Waals surface area contributed by atoms with Crippen molar-refractivity contribution in [2.24, 2.45) is 5.10 Å². The minimum atomic E-state index is -0.486. The van der Waals surface area contributed by atoms with Crippen LogP contribution in [0.25, 0.3) is 10.1 Å². The lowest BCUT2D eigenvalue weighted by Gasteiger charge is -2.09. The molecular formula is C23H16N4O6S. The van der Waals surface area contributed by atoms with Crippen LogP contribution in [0.4, 0.5) is 11.4 Å². The van der Waals surface area contributed by atoms with E-state index in [-0.39, 0.29) is 18.0 Å². The number of carbonyl (C=O) groups excluding carboxylic acids is 1. The second-order valence-corrected chi connectivity index (χ2v) is 8.13. The number of benzene rings is 3. The number of thiophene rings is 1. The molecule has 34 heavy (non-hydrogen) atoms. The van der Waals surface area contributed by atoms with Crippen LogP contribution in [0.15, 0.2) is 77.9 Å². The first kappa shape index (κ1) is 22.6. The van der Waals surface area contributed by atoms with E-state index in [9.17, 15) is 25.0 Å². The number of fused-ring (bicyclic) bond motifs is 1. The van der Waals surface area contributed by atoms with E-state index < -0.39 is 15.8 Å². The van der Waals surface area contributed by atoms with Crippen LogP contribution in [0, 0.1) is 20.2 Å². The van der Waals surface area contributed by atoms with Gasteiger partial charge in [0.25, 0.3) is 17.3 Å². The first-order chi connectivity index (χ1) is 16.4. The van der Waals surface area contributed by atoms with Gasteiger partial charge in [0.15, 0.2) is 0 Å². The second kappa shape index (κ2) is 9.88. The number of hydrogen-bond acceptors (Lipinski definition) is 8. The predicted octanol–water partition coefficient (Wildman–Crippen LogP) is 5.06. The lowest BCUT2D eigenvalue weighted by molar-refractivity contribution is -0.385. The highest BCUT2D eigenvalue weighted by Crippen LogP contribution is 2.29. The highest BCUT2D eigenvalue weighted by atomic mass is 32.1. The molecule has 0 saturated heterocycles. The van der Waals surface area contributed by atoms with Crippen molar-refractivity contribution in [2.75, 3.05) is 0 Å². The third kappa shape index (κ3) is 5.22. The highest BCUT2D eigenvalue weighted by Gasteiger charge is 2.13. The topological polar surface area (TPSA) is 137 Å². The van der Waals surface area contributed by atoms with Crippen LogP contribution in [-0.4, -0.2) is 22.0 Å². The van der Waals surface area contributed by atoms with E-state index in [0.717, 1.165) is 4.70 Å². The van der Waals surface area contributed by atoms with Gasteiger partial charge in [-0.1, -0.05) is 24.3 Å². The van der Waals surface area contributed by atoms with E-state index >= 15 is 0 Å². The van der Waals surface area contributed by atoms with Gasteiger partial charge in [0.2, 0.25) is 0 Å². The second-order valence-electron chi connectivity index (χ2n) is 7.04. The Morgan fingerprint density at radius 2 is 1.74 bits per heavy atom. The molecular weight excluding hydrogens is 460 g/mol. The van der Waals surface area contributed by atoms with Gasteiger partial charge in [-0.3, -0.25) is 25.0 Å². The summed E-state index contributed by atoms with van der Waals surface area (Å²) in [5.41, 5.74) is 3.62. The van der Waals surface area contributed by atoms with Gasteiger partial charge in [-0.2, -0.15) is 5.10 Å². The number of carbonyl (C=O) groups is 1. The van der Waals surface area contributed by atoms with Crippen molar-refractivity contribution in [2.45, 2.75) is 6.61 Å². The average molecular weight is 476 g/mol. The number of nitro benzene ring substituents is 2. The third-order valence-corrected chi connectivity index (χ3v) is 5.85. The highest BCUT2D eigenvalue weighted by molar-refractivity contribution is 7.20. The molecule has 1 N–H and O–H groups in total. The van der Waals surface area contributed by atoms with Gasteiger partial charge in [-0.15, -0.1) is 11.3 Å². The molecule has 0 spiro atoms. The van der Waals surface area contributed by atoms with Crippen molar-refractivity contribution in [3.05, 3.63) is 109 Å². The van der Waals surface area contributed by atoms with E-state index in [2.05, 4.69) is 10.5 Å². The van der Waals surface area contributed by atoms with Gasteiger partial charge in [-0.25, -0.2) is 5.43 Å². The van der Waals surface area contributed by atoms with Crippen molar-refractivity contribution >= 4 is 44.9 Å². The Morgan fingerprint density at radius 3 is 2.53 bits per heavy atom. The number of amides is 1. The monoisotopic (exact) mass is 476 g/mol. The van der Waals surface area contributed by atoms with Crippen LogP contribution in [0.2, 0.25) is 0 Å². The number of nitrogens with zero attached hydrogens (tertiary/aromatic N) is 3. The Labute approximate surface area is 196 Å². The number of nitrogens with one attached hydrogen (secondary N) is 1. The summed E-state index contributed by atoms with van der Waals surface area (Å²) < 4.78 is 6.54. The zero-order valence-electron chi connectivity index (χ0n) is 17.4. The minimum absolute atomic E-state index is 0.0190. The first-order valence-electron chi connectivity index (χ1n) is 9.87. The summed E-state index contributed by atoms with van der Waals surface area (Å²) in [4.78, 5) is 33.7. The van der Waals surface area contributed by atoms with Gasteiger partial charge in [-0.05, 0) is 29.8 Å². The molecule has 0 aliphatic carbocycles. The average Bonchev–Trinajstić information content (AvgIpc) is 3.27. The molecule has 11 heteroatoms. The molecule has 0 fully saturated rings. The number of non-ortho nitro benzene ring substituents is 2. The molecule has 0 aliphatic rings. The maximum absolute atomic E-state index is 12.5. The molecule has 170 valence electrons. The number of para-hydroxylation sites is 1. The number of nitro groups is 2. The summed E-state index contributed by atoms with van der Waals surface area (Å²) in [5.74, 6) is 0.0382. The molecule has 4 aromatic rings. The molecule has 1 heterocycles. The fourth-order valence-electron chi connectivity index (χ4n) is 3.11. The van der Waals surface area contributed by atoms with Crippen molar-refractivity contribution in [1.82, 2.24) is 5.43 Å². The molecule has 0 saturated carbocycles. The van der Waals surface area contributed by atoms with E-state index in [1.165, 1.54) is 41.8 Å². The maximum atomic E-state index is 12.5. The van der Waals surface area contributed by atoms with E-state index in [1.807, 2.05) is 0 Å². The zero-order chi connectivity index (χ0) is 24.1. The number of hydrazone groups is 1. The minimum Gasteiger partial charge on any atom is -0.488 e. The number of rotatable bonds is 8. The van der Waals surface area contributed by atoms with Crippen molar-refractivity contribution < 1.29 is 19.4 Å². The molecule has 0 atom stereocenters. The van der Waals surface area contributed by atoms with Gasteiger partial charge in [0, 0.05) is 39.9 Å². The standard InChI is InChI=1S/C23H16N4O6S/c28-23(22-12-17-11-19(27(31)32)8-9-21(17)34-22)25-24-13-16-5-1-2-7-20(16)33-14-15-4-3-6-18(10-15)26(29)30/h1-13H,14H2,(H,25,28). The molecule has 1 aromatic heterocycles. The smallest absolute Gasteiger partial charge is 0.281 e. The SMILES string of the molecule is O=C(NN=Cc1ccccc1OCc1cccc([N+](=O)[O-])c1)c1cc2cc([N+](=O)[O-])ccc2s1. The molecule has 1 amide bonds. The van der Waals surface area contributed by atoms with E-state index in [4.69, 9.17) is 4.74 Å². The largest absolute Gasteiger partial charge is 0.488 e. The van der Waals surface area contributed by atoms with Gasteiger partial charge in [0.1, 0.15) is 12.4 Å². The summed E-state index contributed by atoms with van der Waals surface area (Å²) in [6.07, 6.45) is 1.43. The Kier molecular flexibility index (Phi) is 6.55. The lowest BCUT2D eigenvalue weighted by Crippen LogP contribution is -2.16. The third-order valence-electron chi connectivity index (χ3n) is 4.74. The summed E-state index contributed by atoms with van der Waals surface area (Å²) in [6, 6.07) is 19.2. The van der Waals surface area contributed by atoms with E-state index in [0.29, 0.717) is 27.1 Å². The van der Waals surface area contributed by atoms with Crippen LogP contribution in [-0.2, 0) is 6.61 Å². The Balaban J connectivity index is 1.43. The molecule has 0 bridgehead atoms. The van der Waals surface area contributed by atoms with Gasteiger partial charge < -0.3 is 4.74 Å². The molecule has 0 radical (unpaired) electrons. The van der Waals surface area contributed by atoms with Crippen LogP contribution in [0.1, 0.15) is 20.8 Å². The van der Waals surface area contributed by atoms with Crippen molar-refractivity contribution in [3.8, 4) is 5.75 Å². The number of hydrogen-bond donors (Lipinski definition) is 1. The molecule has 3 aromatic carbocycles. The quantitative estimate of drug-likeness (QED) is 0.214. The molecule has 4 rings (SSSR count). The number of ether oxygens (including phenoxy) is 1. The molecule has 0 unspecified atom stereocenters. The van der Waals surface area contributed by atoms with Crippen molar-refractivity contribution in [1.29, 1.82) is 0 Å². The first-order valence-corrected chi connectivity index (χ1v) is 10.7. The van der Waals surface area contributed by atoms with Gasteiger partial charge >= 0.3 is 0 Å². The van der Waals surface area contributed by atoms with Gasteiger partial charge in [0.05, 0.1) is 20.9 Å². The van der Waals surface area contributed by atoms with Crippen LogP contribution in [0.5, 0.6) is 5.75 Å². The fourth-order valence-corrected chi connectivity index (χ4v) is 4.04. The molecule has 10 nitrogen and oxygen atoms in total. The summed E-state index contributed by atoms with van der Waals surface area (Å²) >= 11 is 1.20. The Hall–Kier alpha value is -4.64. The molecule has 0 aliphatic heterocycles. The normalized spacial score (nSPS) is 10.9. The summed E-state index contributed by atoms with van der Waals surface area (Å²) in [5, 5.41) is 26.5. The maximum Gasteiger partial charge on any atom is 0.281 e. The predicted molar refractivity (Wildman–Crippen MR) is 127 cm³/mol. The van der Waals surface area contributed by atoms with Crippen LogP contribution < -0.4 is 10.2 Å². The van der Waals surface area contributed by atoms with Crippen LogP contribution >= 0.6 is 11.3 Å². The zero-order valence-corrected chi connectivity index (χ0v) is 18.2. The van der Waals surface area contributed by atoms with E-state index in [1.54, 1.807) is 48.5 Å². The fraction of sp³-hybridized carbons (Fsp3) is 0.0435.